The van der Waals surface area contributed by atoms with Gasteiger partial charge >= 0.3 is 5.97 Å². The van der Waals surface area contributed by atoms with Crippen molar-refractivity contribution < 1.29 is 14.3 Å². The summed E-state index contributed by atoms with van der Waals surface area (Å²) in [6.07, 6.45) is 1.80. The first-order chi connectivity index (χ1) is 8.16. The third kappa shape index (κ3) is 2.63. The van der Waals surface area contributed by atoms with Gasteiger partial charge in [-0.25, -0.2) is 9.18 Å². The zero-order valence-corrected chi connectivity index (χ0v) is 8.90. The predicted octanol–water partition coefficient (Wildman–Crippen LogP) is 2.46. The van der Waals surface area contributed by atoms with E-state index in [1.54, 1.807) is 6.20 Å². The van der Waals surface area contributed by atoms with E-state index < -0.39 is 11.8 Å². The van der Waals surface area contributed by atoms with Crippen molar-refractivity contribution in [3.8, 4) is 0 Å². The molecule has 0 radical (unpaired) electrons. The van der Waals surface area contributed by atoms with Crippen LogP contribution in [-0.2, 0) is 6.54 Å². The SMILES string of the molecule is O=C(O)c1cc(NCc2ccc[nH]2)ccc1F. The molecule has 17 heavy (non-hydrogen) atoms. The topological polar surface area (TPSA) is 65.1 Å². The number of carbonyl (C=O) groups is 1. The standard InChI is InChI=1S/C12H11FN2O2/c13-11-4-3-8(6-10(11)12(16)17)15-7-9-2-1-5-14-9/h1-6,14-15H,7H2,(H,16,17). The highest BCUT2D eigenvalue weighted by atomic mass is 19.1. The molecule has 0 saturated carbocycles. The highest BCUT2D eigenvalue weighted by Crippen LogP contribution is 2.15. The van der Waals surface area contributed by atoms with Crippen LogP contribution < -0.4 is 5.32 Å². The Morgan fingerprint density at radius 1 is 1.41 bits per heavy atom. The molecule has 88 valence electrons. The lowest BCUT2D eigenvalue weighted by molar-refractivity contribution is 0.0692. The van der Waals surface area contributed by atoms with Gasteiger partial charge in [-0.3, -0.25) is 0 Å². The van der Waals surface area contributed by atoms with Crippen LogP contribution in [0.1, 0.15) is 16.1 Å². The number of aromatic amines is 1. The summed E-state index contributed by atoms with van der Waals surface area (Å²) < 4.78 is 13.1. The second-order valence-corrected chi connectivity index (χ2v) is 3.55. The minimum absolute atomic E-state index is 0.332. The van der Waals surface area contributed by atoms with Crippen LogP contribution in [0.5, 0.6) is 0 Å². The zero-order valence-electron chi connectivity index (χ0n) is 8.90. The molecule has 0 spiro atoms. The van der Waals surface area contributed by atoms with Crippen LogP contribution in [0.25, 0.3) is 0 Å². The van der Waals surface area contributed by atoms with Crippen molar-refractivity contribution >= 4 is 11.7 Å². The van der Waals surface area contributed by atoms with Crippen molar-refractivity contribution in [3.05, 3.63) is 53.6 Å². The van der Waals surface area contributed by atoms with E-state index in [0.717, 1.165) is 11.8 Å². The maximum Gasteiger partial charge on any atom is 0.338 e. The molecule has 0 aliphatic rings. The fourth-order valence-electron chi connectivity index (χ4n) is 1.47. The number of nitrogens with one attached hydrogen (secondary N) is 2. The summed E-state index contributed by atoms with van der Waals surface area (Å²) in [5.74, 6) is -2.01. The third-order valence-electron chi connectivity index (χ3n) is 2.34. The van der Waals surface area contributed by atoms with E-state index in [1.165, 1.54) is 12.1 Å². The van der Waals surface area contributed by atoms with Gasteiger partial charge in [0, 0.05) is 17.6 Å². The maximum atomic E-state index is 13.1. The van der Waals surface area contributed by atoms with Crippen molar-refractivity contribution in [1.82, 2.24) is 4.98 Å². The quantitative estimate of drug-likeness (QED) is 0.761. The van der Waals surface area contributed by atoms with Crippen molar-refractivity contribution in [3.63, 3.8) is 0 Å². The van der Waals surface area contributed by atoms with E-state index in [2.05, 4.69) is 10.3 Å². The Kier molecular flexibility index (Phi) is 3.09. The molecule has 0 atom stereocenters. The summed E-state index contributed by atoms with van der Waals surface area (Å²) >= 11 is 0. The number of carboxylic acids is 1. The average molecular weight is 234 g/mol. The largest absolute Gasteiger partial charge is 0.478 e. The molecule has 1 aromatic carbocycles. The summed E-state index contributed by atoms with van der Waals surface area (Å²) in [6.45, 7) is 0.525. The van der Waals surface area contributed by atoms with Crippen LogP contribution in [0.2, 0.25) is 0 Å². The molecule has 1 heterocycles. The Hall–Kier alpha value is -2.30. The number of benzene rings is 1. The molecule has 0 unspecified atom stereocenters. The van der Waals surface area contributed by atoms with E-state index in [4.69, 9.17) is 5.11 Å². The molecule has 0 aliphatic heterocycles. The number of halogens is 1. The highest BCUT2D eigenvalue weighted by Gasteiger charge is 2.10. The summed E-state index contributed by atoms with van der Waals surface area (Å²) in [7, 11) is 0. The number of aromatic nitrogens is 1. The van der Waals surface area contributed by atoms with Gasteiger partial charge < -0.3 is 15.4 Å². The van der Waals surface area contributed by atoms with Crippen LogP contribution in [0.4, 0.5) is 10.1 Å². The summed E-state index contributed by atoms with van der Waals surface area (Å²) in [5, 5.41) is 11.8. The fourth-order valence-corrected chi connectivity index (χ4v) is 1.47. The molecule has 0 amide bonds. The van der Waals surface area contributed by atoms with Crippen LogP contribution >= 0.6 is 0 Å². The molecular weight excluding hydrogens is 223 g/mol. The highest BCUT2D eigenvalue weighted by molar-refractivity contribution is 5.89. The van der Waals surface area contributed by atoms with Gasteiger partial charge in [-0.1, -0.05) is 0 Å². The van der Waals surface area contributed by atoms with Crippen LogP contribution in [0.15, 0.2) is 36.5 Å². The Balaban J connectivity index is 2.11. The first-order valence-electron chi connectivity index (χ1n) is 5.06. The number of carboxylic acid groups (broad SMARTS) is 1. The van der Waals surface area contributed by atoms with Gasteiger partial charge in [0.05, 0.1) is 12.1 Å². The third-order valence-corrected chi connectivity index (χ3v) is 2.34. The lowest BCUT2D eigenvalue weighted by Crippen LogP contribution is -2.04. The molecule has 0 bridgehead atoms. The molecule has 1 aromatic heterocycles. The Morgan fingerprint density at radius 3 is 2.88 bits per heavy atom. The van der Waals surface area contributed by atoms with Gasteiger partial charge in [0.2, 0.25) is 0 Å². The summed E-state index contributed by atoms with van der Waals surface area (Å²) in [5.41, 5.74) is 1.20. The molecule has 2 aromatic rings. The molecule has 0 aliphatic carbocycles. The molecule has 0 saturated heterocycles. The molecule has 4 nitrogen and oxygen atoms in total. The van der Waals surface area contributed by atoms with Gasteiger partial charge in [0.1, 0.15) is 5.82 Å². The first-order valence-corrected chi connectivity index (χ1v) is 5.06. The summed E-state index contributed by atoms with van der Waals surface area (Å²) in [4.78, 5) is 13.7. The van der Waals surface area contributed by atoms with Gasteiger partial charge in [-0.15, -0.1) is 0 Å². The number of hydrogen-bond donors (Lipinski definition) is 3. The molecule has 5 heteroatoms. The fraction of sp³-hybridized carbons (Fsp3) is 0.0833. The maximum absolute atomic E-state index is 13.1. The number of H-pyrrole nitrogens is 1. The Morgan fingerprint density at radius 2 is 2.24 bits per heavy atom. The Bertz CT molecular complexity index is 523. The predicted molar refractivity (Wildman–Crippen MR) is 61.5 cm³/mol. The van der Waals surface area contributed by atoms with Crippen molar-refractivity contribution in [2.75, 3.05) is 5.32 Å². The lowest BCUT2D eigenvalue weighted by atomic mass is 10.2. The number of rotatable bonds is 4. The molecule has 2 rings (SSSR count). The number of anilines is 1. The minimum Gasteiger partial charge on any atom is -0.478 e. The van der Waals surface area contributed by atoms with Gasteiger partial charge in [0.25, 0.3) is 0 Å². The molecule has 3 N–H and O–H groups in total. The number of aromatic carboxylic acids is 1. The molecular formula is C12H11FN2O2. The second-order valence-electron chi connectivity index (χ2n) is 3.55. The van der Waals surface area contributed by atoms with Crippen LogP contribution in [-0.4, -0.2) is 16.1 Å². The molecule has 0 fully saturated rings. The minimum atomic E-state index is -1.27. The Labute approximate surface area is 97.1 Å². The summed E-state index contributed by atoms with van der Waals surface area (Å²) in [6, 6.07) is 7.69. The van der Waals surface area contributed by atoms with Crippen molar-refractivity contribution in [2.45, 2.75) is 6.54 Å². The average Bonchev–Trinajstić information content (AvgIpc) is 2.80. The van der Waals surface area contributed by atoms with E-state index >= 15 is 0 Å². The lowest BCUT2D eigenvalue weighted by Gasteiger charge is -2.06. The van der Waals surface area contributed by atoms with Gasteiger partial charge in [-0.05, 0) is 30.3 Å². The van der Waals surface area contributed by atoms with E-state index in [0.29, 0.717) is 12.2 Å². The van der Waals surface area contributed by atoms with Gasteiger partial charge in [-0.2, -0.15) is 0 Å². The monoisotopic (exact) mass is 234 g/mol. The number of hydrogen-bond acceptors (Lipinski definition) is 2. The van der Waals surface area contributed by atoms with Gasteiger partial charge in [0.15, 0.2) is 0 Å². The smallest absolute Gasteiger partial charge is 0.338 e. The van der Waals surface area contributed by atoms with Crippen molar-refractivity contribution in [2.24, 2.45) is 0 Å². The zero-order chi connectivity index (χ0) is 12.3. The first kappa shape index (κ1) is 11.2. The van der Waals surface area contributed by atoms with E-state index in [1.807, 2.05) is 12.1 Å². The normalized spacial score (nSPS) is 10.2. The second kappa shape index (κ2) is 4.69. The van der Waals surface area contributed by atoms with Crippen LogP contribution in [0.3, 0.4) is 0 Å². The van der Waals surface area contributed by atoms with Crippen molar-refractivity contribution in [1.29, 1.82) is 0 Å². The van der Waals surface area contributed by atoms with E-state index in [-0.39, 0.29) is 5.56 Å². The van der Waals surface area contributed by atoms with E-state index in [9.17, 15) is 9.18 Å². The van der Waals surface area contributed by atoms with Crippen LogP contribution in [0, 0.1) is 5.82 Å².